The summed E-state index contributed by atoms with van der Waals surface area (Å²) >= 11 is 6.30. The lowest BCUT2D eigenvalue weighted by atomic mass is 9.98. The number of methoxy groups -OCH3 is 1. The molecule has 0 spiro atoms. The van der Waals surface area contributed by atoms with Gasteiger partial charge in [0, 0.05) is 13.1 Å². The molecule has 2 heterocycles. The first kappa shape index (κ1) is 18.9. The topological polar surface area (TPSA) is 102 Å². The number of para-hydroxylation sites is 1. The van der Waals surface area contributed by atoms with E-state index in [1.165, 1.54) is 19.4 Å². The Morgan fingerprint density at radius 3 is 2.74 bits per heavy atom. The van der Waals surface area contributed by atoms with Crippen molar-refractivity contribution in [3.63, 3.8) is 0 Å². The van der Waals surface area contributed by atoms with Crippen LogP contribution in [0.1, 0.15) is 23.2 Å². The maximum atomic E-state index is 12.8. The van der Waals surface area contributed by atoms with Crippen molar-refractivity contribution in [3.8, 4) is 5.69 Å². The number of hydrogen-bond donors (Lipinski definition) is 1. The van der Waals surface area contributed by atoms with Crippen LogP contribution in [-0.2, 0) is 9.53 Å². The van der Waals surface area contributed by atoms with Gasteiger partial charge in [-0.25, -0.2) is 4.79 Å². The molecule has 0 bridgehead atoms. The third kappa shape index (κ3) is 3.66. The summed E-state index contributed by atoms with van der Waals surface area (Å²) in [4.78, 5) is 37.8. The monoisotopic (exact) mass is 391 g/mol. The predicted octanol–water partition coefficient (Wildman–Crippen LogP) is 1.97. The minimum Gasteiger partial charge on any atom is -0.481 e. The van der Waals surface area contributed by atoms with E-state index in [0.29, 0.717) is 25.1 Å². The molecule has 1 aromatic carbocycles. The van der Waals surface area contributed by atoms with E-state index in [1.807, 2.05) is 0 Å². The minimum absolute atomic E-state index is 0.0734. The van der Waals surface area contributed by atoms with Gasteiger partial charge in [-0.1, -0.05) is 23.7 Å². The predicted molar refractivity (Wildman–Crippen MR) is 98.8 cm³/mol. The number of anilines is 1. The number of carboxylic acids is 1. The van der Waals surface area contributed by atoms with E-state index in [1.54, 1.807) is 23.1 Å². The van der Waals surface area contributed by atoms with Crippen LogP contribution in [-0.4, -0.2) is 47.0 Å². The molecule has 1 unspecified atom stereocenters. The Hall–Kier alpha value is -2.87. The summed E-state index contributed by atoms with van der Waals surface area (Å²) in [5.74, 6) is -1.98. The van der Waals surface area contributed by atoms with E-state index in [0.717, 1.165) is 4.68 Å². The van der Waals surface area contributed by atoms with E-state index in [9.17, 15) is 19.5 Å². The Morgan fingerprint density at radius 2 is 2.04 bits per heavy atom. The Kier molecular flexibility index (Phi) is 5.46. The number of piperidine rings is 1. The van der Waals surface area contributed by atoms with E-state index in [2.05, 4.69) is 5.10 Å². The van der Waals surface area contributed by atoms with E-state index in [4.69, 9.17) is 16.3 Å². The van der Waals surface area contributed by atoms with Crippen molar-refractivity contribution in [3.05, 3.63) is 51.4 Å². The number of carbonyl (C=O) groups is 2. The maximum Gasteiger partial charge on any atom is 0.340 e. The highest BCUT2D eigenvalue weighted by Gasteiger charge is 2.28. The van der Waals surface area contributed by atoms with E-state index < -0.39 is 23.4 Å². The molecule has 8 nitrogen and oxygen atoms in total. The largest absolute Gasteiger partial charge is 0.481 e. The van der Waals surface area contributed by atoms with E-state index in [-0.39, 0.29) is 22.8 Å². The number of aromatic nitrogens is 2. The van der Waals surface area contributed by atoms with Crippen LogP contribution >= 0.6 is 11.6 Å². The Morgan fingerprint density at radius 1 is 1.30 bits per heavy atom. The molecule has 2 aromatic rings. The van der Waals surface area contributed by atoms with Crippen LogP contribution in [0.5, 0.6) is 0 Å². The molecule has 1 aliphatic rings. The quantitative estimate of drug-likeness (QED) is 0.795. The number of aliphatic carboxylic acids is 1. The number of carboxylic acid groups (broad SMARTS) is 1. The first-order valence-corrected chi connectivity index (χ1v) is 8.75. The number of hydrogen-bond acceptors (Lipinski definition) is 6. The van der Waals surface area contributed by atoms with Gasteiger partial charge in [0.15, 0.2) is 0 Å². The van der Waals surface area contributed by atoms with Crippen molar-refractivity contribution < 1.29 is 19.4 Å². The summed E-state index contributed by atoms with van der Waals surface area (Å²) in [6.45, 7) is 0.853. The van der Waals surface area contributed by atoms with Crippen molar-refractivity contribution in [1.82, 2.24) is 9.78 Å². The summed E-state index contributed by atoms with van der Waals surface area (Å²) in [5.41, 5.74) is 0.231. The van der Waals surface area contributed by atoms with Gasteiger partial charge in [-0.3, -0.25) is 9.59 Å². The molecular formula is C18H18ClN3O5. The Labute approximate surface area is 159 Å². The second kappa shape index (κ2) is 7.79. The van der Waals surface area contributed by atoms with Crippen LogP contribution in [0, 0.1) is 5.92 Å². The highest BCUT2D eigenvalue weighted by molar-refractivity contribution is 6.33. The highest BCUT2D eigenvalue weighted by atomic mass is 35.5. The number of rotatable bonds is 4. The van der Waals surface area contributed by atoms with Gasteiger partial charge in [0.2, 0.25) is 0 Å². The van der Waals surface area contributed by atoms with Gasteiger partial charge >= 0.3 is 11.9 Å². The van der Waals surface area contributed by atoms with Crippen LogP contribution in [0.15, 0.2) is 35.3 Å². The molecule has 1 aliphatic heterocycles. The summed E-state index contributed by atoms with van der Waals surface area (Å²) in [6.07, 6.45) is 2.68. The molecule has 1 aromatic heterocycles. The number of esters is 1. The average molecular weight is 392 g/mol. The number of ether oxygens (including phenoxy) is 1. The fourth-order valence-corrected chi connectivity index (χ4v) is 3.40. The summed E-state index contributed by atoms with van der Waals surface area (Å²) in [7, 11) is 1.25. The third-order valence-electron chi connectivity index (χ3n) is 4.55. The van der Waals surface area contributed by atoms with Crippen molar-refractivity contribution in [2.24, 2.45) is 5.92 Å². The zero-order chi connectivity index (χ0) is 19.6. The Bertz CT molecular complexity index is 943. The van der Waals surface area contributed by atoms with Gasteiger partial charge in [-0.2, -0.15) is 9.78 Å². The Balaban J connectivity index is 2.01. The number of benzene rings is 1. The molecule has 0 aliphatic carbocycles. The first-order chi connectivity index (χ1) is 12.9. The minimum atomic E-state index is -0.871. The van der Waals surface area contributed by atoms with Gasteiger partial charge < -0.3 is 14.7 Å². The molecule has 0 saturated carbocycles. The first-order valence-electron chi connectivity index (χ1n) is 8.37. The van der Waals surface area contributed by atoms with Crippen LogP contribution in [0.2, 0.25) is 5.02 Å². The molecule has 1 fully saturated rings. The molecule has 0 radical (unpaired) electrons. The lowest BCUT2D eigenvalue weighted by molar-refractivity contribution is -0.141. The fraction of sp³-hybridized carbons (Fsp3) is 0.333. The van der Waals surface area contributed by atoms with Crippen molar-refractivity contribution >= 4 is 29.2 Å². The molecule has 3 rings (SSSR count). The van der Waals surface area contributed by atoms with Crippen LogP contribution < -0.4 is 10.5 Å². The molecule has 0 amide bonds. The second-order valence-corrected chi connectivity index (χ2v) is 6.57. The van der Waals surface area contributed by atoms with Gasteiger partial charge in [0.25, 0.3) is 5.56 Å². The SMILES string of the molecule is COC(=O)c1ccccc1-n1ncc(N2CCCC(C(=O)O)C2)c(Cl)c1=O. The van der Waals surface area contributed by atoms with Gasteiger partial charge in [-0.15, -0.1) is 0 Å². The van der Waals surface area contributed by atoms with Crippen LogP contribution in [0.4, 0.5) is 5.69 Å². The highest BCUT2D eigenvalue weighted by Crippen LogP contribution is 2.27. The molecule has 27 heavy (non-hydrogen) atoms. The van der Waals surface area contributed by atoms with Crippen LogP contribution in [0.3, 0.4) is 0 Å². The fourth-order valence-electron chi connectivity index (χ4n) is 3.15. The molecule has 1 atom stereocenters. The molecule has 142 valence electrons. The number of nitrogens with zero attached hydrogens (tertiary/aromatic N) is 3. The lowest BCUT2D eigenvalue weighted by Gasteiger charge is -2.32. The molecule has 1 saturated heterocycles. The zero-order valence-electron chi connectivity index (χ0n) is 14.6. The van der Waals surface area contributed by atoms with Crippen molar-refractivity contribution in [2.75, 3.05) is 25.1 Å². The standard InChI is InChI=1S/C18H18ClN3O5/c1-27-18(26)12-6-2-3-7-13(12)22-16(23)15(19)14(9-20-22)21-8-4-5-11(10-21)17(24)25/h2-3,6-7,9,11H,4-5,8,10H2,1H3,(H,24,25). The molecular weight excluding hydrogens is 374 g/mol. The van der Waals surface area contributed by atoms with E-state index >= 15 is 0 Å². The number of carbonyl (C=O) groups excluding carboxylic acids is 1. The third-order valence-corrected chi connectivity index (χ3v) is 4.90. The second-order valence-electron chi connectivity index (χ2n) is 6.19. The molecule has 9 heteroatoms. The van der Waals surface area contributed by atoms with Crippen LogP contribution in [0.25, 0.3) is 5.69 Å². The summed E-state index contributed by atoms with van der Waals surface area (Å²) in [6, 6.07) is 6.41. The summed E-state index contributed by atoms with van der Waals surface area (Å²) in [5, 5.41) is 13.3. The van der Waals surface area contributed by atoms with Crippen molar-refractivity contribution in [1.29, 1.82) is 0 Å². The normalized spacial score (nSPS) is 16.8. The van der Waals surface area contributed by atoms with Gasteiger partial charge in [0.05, 0.1) is 36.2 Å². The van der Waals surface area contributed by atoms with Crippen molar-refractivity contribution in [2.45, 2.75) is 12.8 Å². The van der Waals surface area contributed by atoms with Gasteiger partial charge in [-0.05, 0) is 25.0 Å². The zero-order valence-corrected chi connectivity index (χ0v) is 15.3. The molecule has 1 N–H and O–H groups in total. The number of halogens is 1. The smallest absolute Gasteiger partial charge is 0.340 e. The average Bonchev–Trinajstić information content (AvgIpc) is 2.69. The maximum absolute atomic E-state index is 12.8. The lowest BCUT2D eigenvalue weighted by Crippen LogP contribution is -2.40. The van der Waals surface area contributed by atoms with Gasteiger partial charge in [0.1, 0.15) is 5.02 Å². The summed E-state index contributed by atoms with van der Waals surface area (Å²) < 4.78 is 5.78.